The molecule has 2 rings (SSSR count). The molecule has 23 heavy (non-hydrogen) atoms. The van der Waals surface area contributed by atoms with Crippen LogP contribution in [0, 0.1) is 12.8 Å². The number of nitrogens with one attached hydrogen (secondary N) is 1. The molecule has 5 nitrogen and oxygen atoms in total. The number of rotatable bonds is 6. The van der Waals surface area contributed by atoms with Crippen LogP contribution in [-0.2, 0) is 13.0 Å². The van der Waals surface area contributed by atoms with E-state index in [1.54, 1.807) is 12.1 Å². The second-order valence-corrected chi connectivity index (χ2v) is 6.99. The SMILES string of the molecule is Cc1nc(CC(C)C)c(C(=O)NCc2ccc(C(=O)O)cc2)s1. The van der Waals surface area contributed by atoms with Crippen molar-refractivity contribution in [3.63, 3.8) is 0 Å². The summed E-state index contributed by atoms with van der Waals surface area (Å²) >= 11 is 1.41. The summed E-state index contributed by atoms with van der Waals surface area (Å²) in [5, 5.41) is 12.6. The zero-order chi connectivity index (χ0) is 17.0. The Balaban J connectivity index is 2.03. The number of carboxylic acid groups (broad SMARTS) is 1. The van der Waals surface area contributed by atoms with Crippen LogP contribution in [0.1, 0.15) is 50.1 Å². The number of hydrogen-bond acceptors (Lipinski definition) is 4. The number of aromatic nitrogens is 1. The Morgan fingerprint density at radius 1 is 1.26 bits per heavy atom. The first-order chi connectivity index (χ1) is 10.9. The Labute approximate surface area is 139 Å². The van der Waals surface area contributed by atoms with E-state index in [9.17, 15) is 9.59 Å². The quantitative estimate of drug-likeness (QED) is 0.851. The summed E-state index contributed by atoms with van der Waals surface area (Å²) in [7, 11) is 0. The van der Waals surface area contributed by atoms with E-state index in [0.717, 1.165) is 22.7 Å². The third kappa shape index (κ3) is 4.63. The summed E-state index contributed by atoms with van der Waals surface area (Å²) < 4.78 is 0. The number of amides is 1. The highest BCUT2D eigenvalue weighted by molar-refractivity contribution is 7.13. The van der Waals surface area contributed by atoms with Crippen molar-refractivity contribution in [1.29, 1.82) is 0 Å². The molecule has 6 heteroatoms. The van der Waals surface area contributed by atoms with Crippen LogP contribution in [0.25, 0.3) is 0 Å². The third-order valence-corrected chi connectivity index (χ3v) is 4.28. The smallest absolute Gasteiger partial charge is 0.335 e. The Hall–Kier alpha value is -2.21. The highest BCUT2D eigenvalue weighted by atomic mass is 32.1. The molecule has 122 valence electrons. The molecular formula is C17H20N2O3S. The van der Waals surface area contributed by atoms with Gasteiger partial charge in [-0.2, -0.15) is 0 Å². The minimum Gasteiger partial charge on any atom is -0.478 e. The van der Waals surface area contributed by atoms with Crippen molar-refractivity contribution < 1.29 is 14.7 Å². The van der Waals surface area contributed by atoms with Gasteiger partial charge in [0.1, 0.15) is 4.88 Å². The van der Waals surface area contributed by atoms with Gasteiger partial charge in [-0.15, -0.1) is 11.3 Å². The molecule has 1 heterocycles. The van der Waals surface area contributed by atoms with Crippen LogP contribution in [0.15, 0.2) is 24.3 Å². The third-order valence-electron chi connectivity index (χ3n) is 3.27. The minimum absolute atomic E-state index is 0.131. The van der Waals surface area contributed by atoms with Crippen molar-refractivity contribution in [3.05, 3.63) is 51.0 Å². The maximum atomic E-state index is 12.4. The molecule has 0 spiro atoms. The summed E-state index contributed by atoms with van der Waals surface area (Å²) in [6.45, 7) is 6.45. The molecule has 0 fully saturated rings. The standard InChI is InChI=1S/C17H20N2O3S/c1-10(2)8-14-15(23-11(3)19-14)16(20)18-9-12-4-6-13(7-5-12)17(21)22/h4-7,10H,8-9H2,1-3H3,(H,18,20)(H,21,22). The monoisotopic (exact) mass is 332 g/mol. The van der Waals surface area contributed by atoms with Gasteiger partial charge in [-0.3, -0.25) is 4.79 Å². The minimum atomic E-state index is -0.959. The lowest BCUT2D eigenvalue weighted by Crippen LogP contribution is -2.23. The van der Waals surface area contributed by atoms with E-state index in [2.05, 4.69) is 24.1 Å². The Bertz CT molecular complexity index is 705. The van der Waals surface area contributed by atoms with Crippen molar-refractivity contribution in [1.82, 2.24) is 10.3 Å². The normalized spacial score (nSPS) is 10.8. The van der Waals surface area contributed by atoms with Crippen molar-refractivity contribution in [2.24, 2.45) is 5.92 Å². The number of carbonyl (C=O) groups excluding carboxylic acids is 1. The van der Waals surface area contributed by atoms with Gasteiger partial charge >= 0.3 is 5.97 Å². The maximum absolute atomic E-state index is 12.4. The fourth-order valence-corrected chi connectivity index (χ4v) is 3.06. The number of aryl methyl sites for hydroxylation is 1. The van der Waals surface area contributed by atoms with Crippen LogP contribution < -0.4 is 5.32 Å². The molecule has 0 unspecified atom stereocenters. The number of carboxylic acids is 1. The maximum Gasteiger partial charge on any atom is 0.335 e. The first kappa shape index (κ1) is 17.1. The van der Waals surface area contributed by atoms with Gasteiger partial charge < -0.3 is 10.4 Å². The van der Waals surface area contributed by atoms with Crippen LogP contribution >= 0.6 is 11.3 Å². The zero-order valence-corrected chi connectivity index (χ0v) is 14.2. The lowest BCUT2D eigenvalue weighted by Gasteiger charge is -2.07. The van der Waals surface area contributed by atoms with Gasteiger partial charge in [0, 0.05) is 6.54 Å². The molecule has 0 saturated carbocycles. The first-order valence-corrected chi connectivity index (χ1v) is 8.25. The largest absolute Gasteiger partial charge is 0.478 e. The summed E-state index contributed by atoms with van der Waals surface area (Å²) in [6, 6.07) is 6.48. The van der Waals surface area contributed by atoms with Crippen molar-refractivity contribution in [2.45, 2.75) is 33.7 Å². The molecule has 1 amide bonds. The molecule has 2 aromatic rings. The van der Waals surface area contributed by atoms with Gasteiger partial charge in [-0.05, 0) is 37.0 Å². The number of aromatic carboxylic acids is 1. The van der Waals surface area contributed by atoms with Gasteiger partial charge in [-0.25, -0.2) is 9.78 Å². The first-order valence-electron chi connectivity index (χ1n) is 7.43. The molecule has 0 saturated heterocycles. The van der Waals surface area contributed by atoms with Gasteiger partial charge in [0.25, 0.3) is 5.91 Å². The van der Waals surface area contributed by atoms with Crippen molar-refractivity contribution in [3.8, 4) is 0 Å². The summed E-state index contributed by atoms with van der Waals surface area (Å²) in [5.41, 5.74) is 1.94. The number of thiazole rings is 1. The zero-order valence-electron chi connectivity index (χ0n) is 13.4. The molecule has 0 aliphatic rings. The van der Waals surface area contributed by atoms with E-state index in [4.69, 9.17) is 5.11 Å². The highest BCUT2D eigenvalue weighted by Gasteiger charge is 2.17. The van der Waals surface area contributed by atoms with Crippen LogP contribution in [0.4, 0.5) is 0 Å². The van der Waals surface area contributed by atoms with Gasteiger partial charge in [0.05, 0.1) is 16.3 Å². The van der Waals surface area contributed by atoms with Crippen molar-refractivity contribution in [2.75, 3.05) is 0 Å². The molecule has 0 aliphatic carbocycles. The molecule has 0 bridgehead atoms. The van der Waals surface area contributed by atoms with E-state index in [1.165, 1.54) is 23.5 Å². The summed E-state index contributed by atoms with van der Waals surface area (Å²) in [4.78, 5) is 28.3. The van der Waals surface area contributed by atoms with E-state index >= 15 is 0 Å². The number of hydrogen-bond donors (Lipinski definition) is 2. The van der Waals surface area contributed by atoms with E-state index in [1.807, 2.05) is 6.92 Å². The highest BCUT2D eigenvalue weighted by Crippen LogP contribution is 2.21. The van der Waals surface area contributed by atoms with Gasteiger partial charge in [0.2, 0.25) is 0 Å². The fourth-order valence-electron chi connectivity index (χ4n) is 2.20. The van der Waals surface area contributed by atoms with E-state index in [-0.39, 0.29) is 11.5 Å². The molecule has 0 atom stereocenters. The Morgan fingerprint density at radius 3 is 2.48 bits per heavy atom. The average molecular weight is 332 g/mol. The molecule has 0 radical (unpaired) electrons. The van der Waals surface area contributed by atoms with Gasteiger partial charge in [-0.1, -0.05) is 26.0 Å². The fraction of sp³-hybridized carbons (Fsp3) is 0.353. The molecule has 1 aromatic carbocycles. The van der Waals surface area contributed by atoms with Crippen molar-refractivity contribution >= 4 is 23.2 Å². The lowest BCUT2D eigenvalue weighted by molar-refractivity contribution is 0.0696. The average Bonchev–Trinajstić information content (AvgIpc) is 2.85. The van der Waals surface area contributed by atoms with E-state index in [0.29, 0.717) is 17.3 Å². The Kier molecular flexibility index (Phi) is 5.50. The second kappa shape index (κ2) is 7.37. The summed E-state index contributed by atoms with van der Waals surface area (Å²) in [5.74, 6) is -0.653. The number of nitrogens with zero attached hydrogens (tertiary/aromatic N) is 1. The van der Waals surface area contributed by atoms with Gasteiger partial charge in [0.15, 0.2) is 0 Å². The molecule has 0 aliphatic heterocycles. The Morgan fingerprint density at radius 2 is 1.91 bits per heavy atom. The lowest BCUT2D eigenvalue weighted by atomic mass is 10.1. The second-order valence-electron chi connectivity index (χ2n) is 5.79. The van der Waals surface area contributed by atoms with Crippen LogP contribution in [-0.4, -0.2) is 22.0 Å². The predicted octanol–water partition coefficient (Wildman–Crippen LogP) is 3.28. The molecule has 1 aromatic heterocycles. The predicted molar refractivity (Wildman–Crippen MR) is 90.0 cm³/mol. The van der Waals surface area contributed by atoms with Crippen LogP contribution in [0.2, 0.25) is 0 Å². The van der Waals surface area contributed by atoms with E-state index < -0.39 is 5.97 Å². The molecule has 2 N–H and O–H groups in total. The topological polar surface area (TPSA) is 79.3 Å². The number of carbonyl (C=O) groups is 2. The van der Waals surface area contributed by atoms with Crippen LogP contribution in [0.5, 0.6) is 0 Å². The number of benzene rings is 1. The molecular weight excluding hydrogens is 312 g/mol. The van der Waals surface area contributed by atoms with Crippen LogP contribution in [0.3, 0.4) is 0 Å². The summed E-state index contributed by atoms with van der Waals surface area (Å²) in [6.07, 6.45) is 0.778.